The highest BCUT2D eigenvalue weighted by molar-refractivity contribution is 7.10. The van der Waals surface area contributed by atoms with Crippen LogP contribution in [-0.2, 0) is 4.79 Å². The summed E-state index contributed by atoms with van der Waals surface area (Å²) in [6.45, 7) is 2.13. The summed E-state index contributed by atoms with van der Waals surface area (Å²) in [5, 5.41) is 6.95. The summed E-state index contributed by atoms with van der Waals surface area (Å²) in [4.78, 5) is 19.5. The Morgan fingerprint density at radius 1 is 1.00 bits per heavy atom. The number of carbonyl (C=O) groups is 1. The molecule has 1 aliphatic carbocycles. The minimum atomic E-state index is -0.0826. The van der Waals surface area contributed by atoms with Crippen molar-refractivity contribution in [1.29, 1.82) is 0 Å². The van der Waals surface area contributed by atoms with Crippen LogP contribution in [0, 0.1) is 6.92 Å². The van der Waals surface area contributed by atoms with Gasteiger partial charge in [-0.1, -0.05) is 36.4 Å². The number of fused-ring (bicyclic) bond motifs is 4. The van der Waals surface area contributed by atoms with Gasteiger partial charge in [-0.25, -0.2) is 0 Å². The molecule has 1 aliphatic heterocycles. The smallest absolute Gasteiger partial charge is 0.162 e. The van der Waals surface area contributed by atoms with Crippen LogP contribution in [0.1, 0.15) is 46.4 Å². The third-order valence-corrected chi connectivity index (χ3v) is 7.70. The van der Waals surface area contributed by atoms with Gasteiger partial charge in [-0.15, -0.1) is 11.3 Å². The van der Waals surface area contributed by atoms with E-state index in [2.05, 4.69) is 71.1 Å². The van der Waals surface area contributed by atoms with Crippen LogP contribution in [0.2, 0.25) is 0 Å². The molecule has 0 fully saturated rings. The lowest BCUT2D eigenvalue weighted by atomic mass is 9.72. The van der Waals surface area contributed by atoms with Crippen LogP contribution >= 0.6 is 11.3 Å². The number of carbonyl (C=O) groups excluding carboxylic acids is 1. The minimum absolute atomic E-state index is 0.0826. The second kappa shape index (κ2) is 7.17. The van der Waals surface area contributed by atoms with Crippen LogP contribution in [0.4, 0.5) is 5.69 Å². The molecule has 0 bridgehead atoms. The van der Waals surface area contributed by atoms with E-state index in [1.807, 2.05) is 18.3 Å². The van der Waals surface area contributed by atoms with Crippen molar-refractivity contribution in [2.24, 2.45) is 0 Å². The van der Waals surface area contributed by atoms with Gasteiger partial charge in [-0.05, 0) is 65.6 Å². The average molecular weight is 423 g/mol. The molecule has 2 atom stereocenters. The average Bonchev–Trinajstić information content (AvgIpc) is 3.24. The van der Waals surface area contributed by atoms with Crippen molar-refractivity contribution in [1.82, 2.24) is 4.98 Å². The number of aromatic nitrogens is 1. The molecular formula is C27H22N2OS. The highest BCUT2D eigenvalue weighted by atomic mass is 32.1. The molecule has 1 N–H and O–H groups in total. The first kappa shape index (κ1) is 18.5. The van der Waals surface area contributed by atoms with Crippen LogP contribution in [0.3, 0.4) is 0 Å². The van der Waals surface area contributed by atoms with Crippen molar-refractivity contribution in [3.8, 4) is 0 Å². The predicted molar refractivity (Wildman–Crippen MR) is 128 cm³/mol. The Hall–Kier alpha value is -3.24. The van der Waals surface area contributed by atoms with Crippen LogP contribution in [-0.4, -0.2) is 10.8 Å². The van der Waals surface area contributed by atoms with E-state index in [-0.39, 0.29) is 17.7 Å². The number of ketones is 1. The van der Waals surface area contributed by atoms with E-state index in [1.54, 1.807) is 11.3 Å². The number of hydrogen-bond acceptors (Lipinski definition) is 4. The number of anilines is 1. The molecule has 31 heavy (non-hydrogen) atoms. The number of nitrogens with zero attached hydrogens (tertiary/aromatic N) is 1. The third-order valence-electron chi connectivity index (χ3n) is 6.62. The van der Waals surface area contributed by atoms with Gasteiger partial charge in [0.15, 0.2) is 5.78 Å². The predicted octanol–water partition coefficient (Wildman–Crippen LogP) is 6.67. The number of hydrogen-bond donors (Lipinski definition) is 1. The Labute approximate surface area is 185 Å². The van der Waals surface area contributed by atoms with E-state index < -0.39 is 0 Å². The van der Waals surface area contributed by atoms with Crippen molar-refractivity contribution in [3.63, 3.8) is 0 Å². The molecule has 0 spiro atoms. The van der Waals surface area contributed by atoms with Gasteiger partial charge < -0.3 is 5.32 Å². The second-order valence-corrected chi connectivity index (χ2v) is 9.38. The van der Waals surface area contributed by atoms with Gasteiger partial charge in [0.1, 0.15) is 0 Å². The Kier molecular flexibility index (Phi) is 4.29. The van der Waals surface area contributed by atoms with E-state index in [0.29, 0.717) is 6.42 Å². The number of benzene rings is 2. The van der Waals surface area contributed by atoms with Gasteiger partial charge in [-0.3, -0.25) is 9.78 Å². The number of nitrogens with one attached hydrogen (secondary N) is 1. The first-order chi connectivity index (χ1) is 15.2. The molecule has 2 aromatic heterocycles. The number of pyridine rings is 1. The van der Waals surface area contributed by atoms with Crippen LogP contribution in [0.5, 0.6) is 0 Å². The molecule has 4 heteroatoms. The fraction of sp³-hybridized carbons (Fsp3) is 0.185. The van der Waals surface area contributed by atoms with Crippen molar-refractivity contribution >= 4 is 39.3 Å². The minimum Gasteiger partial charge on any atom is -0.373 e. The van der Waals surface area contributed by atoms with Gasteiger partial charge in [0.05, 0.1) is 11.6 Å². The van der Waals surface area contributed by atoms with Gasteiger partial charge in [0.25, 0.3) is 0 Å². The molecule has 3 heterocycles. The zero-order chi connectivity index (χ0) is 20.9. The summed E-state index contributed by atoms with van der Waals surface area (Å²) in [5.74, 6) is 0.461. The maximum Gasteiger partial charge on any atom is 0.162 e. The van der Waals surface area contributed by atoms with Crippen molar-refractivity contribution in [2.75, 3.05) is 5.32 Å². The molecule has 2 aromatic carbocycles. The zero-order valence-corrected chi connectivity index (χ0v) is 18.1. The largest absolute Gasteiger partial charge is 0.373 e. The number of Topliss-reactive ketones (excluding diaryl/α,β-unsaturated/α-hetero) is 1. The first-order valence-electron chi connectivity index (χ1n) is 10.7. The van der Waals surface area contributed by atoms with Crippen molar-refractivity contribution in [2.45, 2.75) is 31.7 Å². The lowest BCUT2D eigenvalue weighted by Crippen LogP contribution is -2.29. The van der Waals surface area contributed by atoms with Crippen LogP contribution in [0.15, 0.2) is 77.8 Å². The molecule has 3 nitrogen and oxygen atoms in total. The van der Waals surface area contributed by atoms with Crippen molar-refractivity contribution in [3.05, 3.63) is 99.4 Å². The fourth-order valence-corrected chi connectivity index (χ4v) is 6.15. The second-order valence-electron chi connectivity index (χ2n) is 8.43. The normalized spacial score (nSPS) is 20.4. The quantitative estimate of drug-likeness (QED) is 0.392. The van der Waals surface area contributed by atoms with Gasteiger partial charge in [0.2, 0.25) is 0 Å². The molecule has 0 saturated heterocycles. The number of aryl methyl sites for hydroxylation is 1. The Morgan fingerprint density at radius 3 is 2.68 bits per heavy atom. The molecule has 0 saturated carbocycles. The number of allylic oxidation sites excluding steroid dienone is 1. The van der Waals surface area contributed by atoms with Crippen molar-refractivity contribution < 1.29 is 4.79 Å². The maximum atomic E-state index is 13.7. The monoisotopic (exact) mass is 422 g/mol. The Morgan fingerprint density at radius 2 is 1.87 bits per heavy atom. The molecule has 6 rings (SSSR count). The van der Waals surface area contributed by atoms with E-state index in [4.69, 9.17) is 0 Å². The molecular weight excluding hydrogens is 400 g/mol. The summed E-state index contributed by atoms with van der Waals surface area (Å²) in [6.07, 6.45) is 3.26. The third kappa shape index (κ3) is 2.94. The standard InChI is InChI=1S/C27H22N2OS/c1-16-11-13-31-27(16)26-25-20(14-18(15-23(25)30)17-6-3-2-4-7-17)24-19-8-5-12-28-21(19)9-10-22(24)29-26/h2-13,18,26,29H,14-15H2,1H3/t18-,26+/m0/s1. The molecule has 2 aliphatic rings. The van der Waals surface area contributed by atoms with E-state index >= 15 is 0 Å². The molecule has 4 aromatic rings. The fourth-order valence-electron chi connectivity index (χ4n) is 5.17. The summed E-state index contributed by atoms with van der Waals surface area (Å²) in [7, 11) is 0. The topological polar surface area (TPSA) is 42.0 Å². The van der Waals surface area contributed by atoms with Gasteiger partial charge in [-0.2, -0.15) is 0 Å². The summed E-state index contributed by atoms with van der Waals surface area (Å²) in [5.41, 5.74) is 7.83. The molecule has 152 valence electrons. The zero-order valence-electron chi connectivity index (χ0n) is 17.3. The molecule has 0 radical (unpaired) electrons. The maximum absolute atomic E-state index is 13.7. The number of thiophene rings is 1. The van der Waals surface area contributed by atoms with Crippen LogP contribution < -0.4 is 5.32 Å². The summed E-state index contributed by atoms with van der Waals surface area (Å²) < 4.78 is 0. The molecule has 0 unspecified atom stereocenters. The molecule has 0 amide bonds. The van der Waals surface area contributed by atoms with Gasteiger partial charge >= 0.3 is 0 Å². The summed E-state index contributed by atoms with van der Waals surface area (Å²) >= 11 is 1.73. The lowest BCUT2D eigenvalue weighted by Gasteiger charge is -2.37. The Bertz CT molecular complexity index is 1350. The Balaban J connectivity index is 1.60. The van der Waals surface area contributed by atoms with E-state index in [1.165, 1.54) is 21.6 Å². The van der Waals surface area contributed by atoms with E-state index in [0.717, 1.165) is 34.1 Å². The highest BCUT2D eigenvalue weighted by Gasteiger charge is 2.39. The summed E-state index contributed by atoms with van der Waals surface area (Å²) in [6, 6.07) is 20.8. The van der Waals surface area contributed by atoms with Crippen LogP contribution in [0.25, 0.3) is 16.5 Å². The number of rotatable bonds is 2. The lowest BCUT2D eigenvalue weighted by molar-refractivity contribution is -0.116. The SMILES string of the molecule is Cc1ccsc1[C@@H]1Nc2ccc3ncccc3c2C2=C1C(=O)C[C@@H](c1ccccc1)C2. The highest BCUT2D eigenvalue weighted by Crippen LogP contribution is 2.51. The van der Waals surface area contributed by atoms with Gasteiger partial charge in [0, 0.05) is 39.7 Å². The first-order valence-corrected chi connectivity index (χ1v) is 11.6. The van der Waals surface area contributed by atoms with E-state index in [9.17, 15) is 4.79 Å².